The number of unbranched alkanes of at least 4 members (excludes halogenated alkanes) is 32. The molecule has 0 aromatic rings. The molecule has 2 N–H and O–H groups in total. The maximum absolute atomic E-state index is 12.9. The number of likely N-dealkylation sites (N-methyl/N-ethyl adjacent to an activating group) is 1. The van der Waals surface area contributed by atoms with Gasteiger partial charge in [0.1, 0.15) is 13.2 Å². The Bertz CT molecular complexity index is 942. The van der Waals surface area contributed by atoms with Gasteiger partial charge in [0, 0.05) is 6.42 Å². The number of hydrogen-bond acceptors (Lipinski definition) is 6. The molecule has 3 unspecified atom stereocenters. The van der Waals surface area contributed by atoms with Crippen LogP contribution in [0.15, 0.2) is 12.2 Å². The number of phosphoric ester groups is 1. The standard InChI is InChI=1S/C48H97N2O6P/c1-6-8-10-12-14-16-18-20-22-24-26-27-29-31-33-35-37-39-41-47(51)46(45-56-57(53,54)55-44-43-50(3,4)5)49-48(52)42-40-38-36-34-32-30-28-25-23-21-19-17-15-13-11-9-7-2/h39,41,46-47,51H,6-38,40,42-45H2,1-5H3,(H-,49,52,53,54)/b41-39+. The monoisotopic (exact) mass is 829 g/mol. The first-order chi connectivity index (χ1) is 27.5. The van der Waals surface area contributed by atoms with Gasteiger partial charge < -0.3 is 28.8 Å². The van der Waals surface area contributed by atoms with Crippen molar-refractivity contribution in [3.05, 3.63) is 12.2 Å². The van der Waals surface area contributed by atoms with Crippen LogP contribution in [-0.4, -0.2) is 68.5 Å². The number of aliphatic hydroxyl groups is 1. The van der Waals surface area contributed by atoms with Crippen LogP contribution in [0.4, 0.5) is 0 Å². The van der Waals surface area contributed by atoms with Crippen LogP contribution in [0.1, 0.15) is 239 Å². The zero-order valence-corrected chi connectivity index (χ0v) is 39.5. The molecular weight excluding hydrogens is 732 g/mol. The maximum atomic E-state index is 12.9. The summed E-state index contributed by atoms with van der Waals surface area (Å²) < 4.78 is 23.3. The van der Waals surface area contributed by atoms with Crippen LogP contribution >= 0.6 is 7.82 Å². The van der Waals surface area contributed by atoms with E-state index in [1.54, 1.807) is 6.08 Å². The molecule has 0 aromatic heterocycles. The highest BCUT2D eigenvalue weighted by Gasteiger charge is 2.23. The van der Waals surface area contributed by atoms with Crippen LogP contribution in [0, 0.1) is 0 Å². The largest absolute Gasteiger partial charge is 0.756 e. The van der Waals surface area contributed by atoms with Gasteiger partial charge in [-0.15, -0.1) is 0 Å². The average Bonchev–Trinajstić information content (AvgIpc) is 3.16. The third kappa shape index (κ3) is 43.1. The molecule has 0 aliphatic heterocycles. The lowest BCUT2D eigenvalue weighted by molar-refractivity contribution is -0.870. The van der Waals surface area contributed by atoms with E-state index in [9.17, 15) is 19.4 Å². The second kappa shape index (κ2) is 40.6. The molecule has 0 aliphatic rings. The lowest BCUT2D eigenvalue weighted by Crippen LogP contribution is -2.45. The summed E-state index contributed by atoms with van der Waals surface area (Å²) in [7, 11) is 1.27. The van der Waals surface area contributed by atoms with E-state index in [2.05, 4.69) is 19.2 Å². The summed E-state index contributed by atoms with van der Waals surface area (Å²) in [6, 6.07) is -0.880. The number of carbonyl (C=O) groups is 1. The number of nitrogens with one attached hydrogen (secondary N) is 1. The number of amides is 1. The normalized spacial score (nSPS) is 14.3. The Morgan fingerprint density at radius 3 is 1.32 bits per heavy atom. The second-order valence-electron chi connectivity index (χ2n) is 18.2. The van der Waals surface area contributed by atoms with Gasteiger partial charge in [-0.1, -0.05) is 225 Å². The number of rotatable bonds is 45. The van der Waals surface area contributed by atoms with Gasteiger partial charge in [-0.25, -0.2) is 0 Å². The van der Waals surface area contributed by atoms with E-state index in [1.807, 2.05) is 27.2 Å². The molecule has 0 heterocycles. The smallest absolute Gasteiger partial charge is 0.268 e. The molecule has 57 heavy (non-hydrogen) atoms. The van der Waals surface area contributed by atoms with Crippen LogP contribution in [0.2, 0.25) is 0 Å². The van der Waals surface area contributed by atoms with E-state index < -0.39 is 20.0 Å². The number of allylic oxidation sites excluding steroid dienone is 1. The van der Waals surface area contributed by atoms with E-state index in [0.717, 1.165) is 38.5 Å². The van der Waals surface area contributed by atoms with Gasteiger partial charge in [0.15, 0.2) is 0 Å². The summed E-state index contributed by atoms with van der Waals surface area (Å²) in [4.78, 5) is 25.4. The van der Waals surface area contributed by atoms with Gasteiger partial charge >= 0.3 is 0 Å². The molecule has 1 amide bonds. The Labute approximate surface area is 354 Å². The van der Waals surface area contributed by atoms with Gasteiger partial charge in [0.2, 0.25) is 5.91 Å². The lowest BCUT2D eigenvalue weighted by Gasteiger charge is -2.29. The molecular formula is C48H97N2O6P. The molecule has 9 heteroatoms. The molecule has 0 fully saturated rings. The van der Waals surface area contributed by atoms with Crippen molar-refractivity contribution in [1.29, 1.82) is 0 Å². The summed E-state index contributed by atoms with van der Waals surface area (Å²) in [6.07, 6.45) is 46.8. The first kappa shape index (κ1) is 56.2. The minimum absolute atomic E-state index is 0.00236. The van der Waals surface area contributed by atoms with Crippen molar-refractivity contribution in [1.82, 2.24) is 5.32 Å². The van der Waals surface area contributed by atoms with E-state index in [1.165, 1.54) is 180 Å². The Morgan fingerprint density at radius 1 is 0.596 bits per heavy atom. The second-order valence-corrected chi connectivity index (χ2v) is 19.6. The first-order valence-corrected chi connectivity index (χ1v) is 26.0. The molecule has 0 rings (SSSR count). The molecule has 340 valence electrons. The first-order valence-electron chi connectivity index (χ1n) is 24.6. The quantitative estimate of drug-likeness (QED) is 0.0274. The van der Waals surface area contributed by atoms with Crippen LogP contribution in [0.25, 0.3) is 0 Å². The number of carbonyl (C=O) groups excluding carboxylic acids is 1. The van der Waals surface area contributed by atoms with Crippen LogP contribution in [0.3, 0.4) is 0 Å². The summed E-state index contributed by atoms with van der Waals surface area (Å²) in [5.74, 6) is -0.193. The van der Waals surface area contributed by atoms with Crippen molar-refractivity contribution >= 4 is 13.7 Å². The molecule has 0 aliphatic carbocycles. The van der Waals surface area contributed by atoms with Crippen LogP contribution in [-0.2, 0) is 18.4 Å². The maximum Gasteiger partial charge on any atom is 0.268 e. The zero-order valence-electron chi connectivity index (χ0n) is 38.6. The summed E-state index contributed by atoms with van der Waals surface area (Å²) >= 11 is 0. The topological polar surface area (TPSA) is 108 Å². The fourth-order valence-electron chi connectivity index (χ4n) is 7.33. The zero-order chi connectivity index (χ0) is 42.1. The van der Waals surface area contributed by atoms with Gasteiger partial charge in [0.05, 0.1) is 39.9 Å². The number of hydrogen-bond donors (Lipinski definition) is 2. The Balaban J connectivity index is 4.33. The van der Waals surface area contributed by atoms with E-state index in [4.69, 9.17) is 9.05 Å². The summed E-state index contributed by atoms with van der Waals surface area (Å²) in [5, 5.41) is 13.8. The van der Waals surface area contributed by atoms with E-state index in [-0.39, 0.29) is 19.1 Å². The van der Waals surface area contributed by atoms with Crippen molar-refractivity contribution < 1.29 is 32.9 Å². The number of aliphatic hydroxyl groups excluding tert-OH is 1. The Morgan fingerprint density at radius 2 is 0.947 bits per heavy atom. The average molecular weight is 829 g/mol. The molecule has 0 aromatic carbocycles. The van der Waals surface area contributed by atoms with Crippen LogP contribution < -0.4 is 10.2 Å². The van der Waals surface area contributed by atoms with Crippen LogP contribution in [0.5, 0.6) is 0 Å². The SMILES string of the molecule is CCCCCCCCCCCCCCCCCC/C=C/C(O)C(COP(=O)([O-])OCC[N+](C)(C)C)NC(=O)CCCCCCCCCCCCCCCCCCC. The molecule has 0 saturated carbocycles. The van der Waals surface area contributed by atoms with Crippen molar-refractivity contribution in [3.8, 4) is 0 Å². The minimum Gasteiger partial charge on any atom is -0.756 e. The third-order valence-electron chi connectivity index (χ3n) is 11.2. The predicted octanol–water partition coefficient (Wildman–Crippen LogP) is 13.3. The summed E-state index contributed by atoms with van der Waals surface area (Å²) in [6.45, 7) is 4.68. The van der Waals surface area contributed by atoms with E-state index >= 15 is 0 Å². The Kier molecular flexibility index (Phi) is 40.1. The van der Waals surface area contributed by atoms with Gasteiger partial charge in [-0.05, 0) is 19.3 Å². The number of nitrogens with zero attached hydrogens (tertiary/aromatic N) is 1. The molecule has 0 spiro atoms. The van der Waals surface area contributed by atoms with Crippen molar-refractivity contribution in [2.24, 2.45) is 0 Å². The highest BCUT2D eigenvalue weighted by molar-refractivity contribution is 7.45. The molecule has 0 bridgehead atoms. The van der Waals surface area contributed by atoms with Gasteiger partial charge in [-0.2, -0.15) is 0 Å². The lowest BCUT2D eigenvalue weighted by atomic mass is 10.0. The summed E-state index contributed by atoms with van der Waals surface area (Å²) in [5.41, 5.74) is 0. The number of quaternary nitrogens is 1. The van der Waals surface area contributed by atoms with E-state index in [0.29, 0.717) is 17.4 Å². The molecule has 3 atom stereocenters. The molecule has 0 radical (unpaired) electrons. The predicted molar refractivity (Wildman–Crippen MR) is 242 cm³/mol. The van der Waals surface area contributed by atoms with Crippen molar-refractivity contribution in [2.45, 2.75) is 251 Å². The molecule has 0 saturated heterocycles. The minimum atomic E-state index is -4.58. The fraction of sp³-hybridized carbons (Fsp3) is 0.938. The highest BCUT2D eigenvalue weighted by atomic mass is 31.2. The van der Waals surface area contributed by atoms with Crippen molar-refractivity contribution in [2.75, 3.05) is 40.9 Å². The highest BCUT2D eigenvalue weighted by Crippen LogP contribution is 2.38. The number of phosphoric acid groups is 1. The van der Waals surface area contributed by atoms with Gasteiger partial charge in [0.25, 0.3) is 7.82 Å². The van der Waals surface area contributed by atoms with Crippen molar-refractivity contribution in [3.63, 3.8) is 0 Å². The third-order valence-corrected chi connectivity index (χ3v) is 12.2. The fourth-order valence-corrected chi connectivity index (χ4v) is 8.05. The van der Waals surface area contributed by atoms with Gasteiger partial charge in [-0.3, -0.25) is 9.36 Å². The Hall–Kier alpha value is -0.760. The molecule has 8 nitrogen and oxygen atoms in total.